The van der Waals surface area contributed by atoms with Gasteiger partial charge >= 0.3 is 12.1 Å². The van der Waals surface area contributed by atoms with Gasteiger partial charge in [-0.05, 0) is 53.1 Å². The van der Waals surface area contributed by atoms with Gasteiger partial charge in [0.15, 0.2) is 6.10 Å². The molecule has 0 saturated heterocycles. The number of urea groups is 1. The molecule has 0 bridgehead atoms. The fourth-order valence-corrected chi connectivity index (χ4v) is 5.94. The van der Waals surface area contributed by atoms with Gasteiger partial charge in [-0.25, -0.2) is 9.59 Å². The quantitative estimate of drug-likeness (QED) is 0.120. The summed E-state index contributed by atoms with van der Waals surface area (Å²) in [6.07, 6.45) is 4.40. The van der Waals surface area contributed by atoms with Gasteiger partial charge in [0.2, 0.25) is 11.8 Å². The lowest BCUT2D eigenvalue weighted by Gasteiger charge is -2.32. The fraction of sp³-hybridized carbons (Fsp3) is 0.351. The molecule has 12 heteroatoms. The Morgan fingerprint density at radius 3 is 2.22 bits per heavy atom. The van der Waals surface area contributed by atoms with E-state index in [9.17, 15) is 24.3 Å². The van der Waals surface area contributed by atoms with Crippen molar-refractivity contribution in [2.45, 2.75) is 58.1 Å². The first-order chi connectivity index (χ1) is 23.5. The summed E-state index contributed by atoms with van der Waals surface area (Å²) in [4.78, 5) is 53.6. The van der Waals surface area contributed by atoms with E-state index in [0.717, 1.165) is 22.3 Å². The molecule has 6 N–H and O–H groups in total. The molecule has 49 heavy (non-hydrogen) atoms. The third-order valence-electron chi connectivity index (χ3n) is 8.29. The average Bonchev–Trinajstić information content (AvgIpc) is 3.39. The molecular weight excluding hydrogens is 626 g/mol. The molecule has 0 aliphatic heterocycles. The second-order valence-electron chi connectivity index (χ2n) is 12.1. The van der Waals surface area contributed by atoms with Crippen molar-refractivity contribution in [2.24, 2.45) is 11.7 Å². The van der Waals surface area contributed by atoms with E-state index in [4.69, 9.17) is 21.6 Å². The zero-order valence-corrected chi connectivity index (χ0v) is 27.9. The minimum absolute atomic E-state index is 0.0785. The average molecular weight is 670 g/mol. The highest BCUT2D eigenvalue weighted by atomic mass is 16.6. The molecule has 5 amide bonds. The van der Waals surface area contributed by atoms with Crippen LogP contribution in [0.3, 0.4) is 0 Å². The summed E-state index contributed by atoms with van der Waals surface area (Å²) in [5.41, 5.74) is 10.5. The highest BCUT2D eigenvalue weighted by Crippen LogP contribution is 2.45. The molecule has 0 heterocycles. The van der Waals surface area contributed by atoms with Gasteiger partial charge in [0.05, 0.1) is 13.2 Å². The van der Waals surface area contributed by atoms with Crippen LogP contribution in [0.5, 0.6) is 0 Å². The highest BCUT2D eigenvalue weighted by molar-refractivity contribution is 5.98. The van der Waals surface area contributed by atoms with Crippen molar-refractivity contribution >= 4 is 29.6 Å². The van der Waals surface area contributed by atoms with E-state index < -0.39 is 42.1 Å². The van der Waals surface area contributed by atoms with Gasteiger partial charge in [-0.3, -0.25) is 14.5 Å². The van der Waals surface area contributed by atoms with E-state index in [-0.39, 0.29) is 38.7 Å². The number of nitrogens with one attached hydrogen (secondary N) is 3. The summed E-state index contributed by atoms with van der Waals surface area (Å²) in [5.74, 6) is 0.960. The number of fused-ring (bicyclic) bond motifs is 3. The van der Waals surface area contributed by atoms with Crippen LogP contribution >= 0.6 is 0 Å². The van der Waals surface area contributed by atoms with Crippen LogP contribution in [0.4, 0.5) is 15.3 Å². The van der Waals surface area contributed by atoms with Crippen molar-refractivity contribution in [1.29, 1.82) is 0 Å². The summed E-state index contributed by atoms with van der Waals surface area (Å²) in [6, 6.07) is 17.6. The number of likely N-dealkylation sites (N-methyl/N-ethyl adjacent to an activating group) is 1. The summed E-state index contributed by atoms with van der Waals surface area (Å²) < 4.78 is 11.5. The monoisotopic (exact) mass is 669 g/mol. The fourth-order valence-electron chi connectivity index (χ4n) is 5.94. The van der Waals surface area contributed by atoms with E-state index in [0.29, 0.717) is 23.2 Å². The second kappa shape index (κ2) is 17.1. The first-order valence-electron chi connectivity index (χ1n) is 16.1. The Kier molecular flexibility index (Phi) is 12.8. The maximum absolute atomic E-state index is 13.9. The van der Waals surface area contributed by atoms with Crippen LogP contribution < -0.4 is 21.7 Å². The lowest BCUT2D eigenvalue weighted by Crippen LogP contribution is -2.55. The van der Waals surface area contributed by atoms with E-state index in [1.807, 2.05) is 48.5 Å². The summed E-state index contributed by atoms with van der Waals surface area (Å²) in [6.45, 7) is 3.75. The maximum atomic E-state index is 13.9. The highest BCUT2D eigenvalue weighted by Gasteiger charge is 2.37. The lowest BCUT2D eigenvalue weighted by molar-refractivity contribution is -0.131. The van der Waals surface area contributed by atoms with Gasteiger partial charge in [0.1, 0.15) is 18.7 Å². The van der Waals surface area contributed by atoms with Gasteiger partial charge in [0, 0.05) is 30.4 Å². The smallest absolute Gasteiger partial charge is 0.411 e. The second-order valence-corrected chi connectivity index (χ2v) is 12.1. The number of nitrogens with two attached hydrogens (primary N) is 1. The molecule has 1 aliphatic carbocycles. The van der Waals surface area contributed by atoms with Crippen molar-refractivity contribution < 1.29 is 33.8 Å². The molecule has 1 aliphatic rings. The van der Waals surface area contributed by atoms with Crippen LogP contribution in [-0.2, 0) is 32.3 Å². The predicted molar refractivity (Wildman–Crippen MR) is 185 cm³/mol. The van der Waals surface area contributed by atoms with E-state index >= 15 is 0 Å². The van der Waals surface area contributed by atoms with Gasteiger partial charge in [-0.15, -0.1) is 6.42 Å². The first-order valence-corrected chi connectivity index (χ1v) is 16.1. The largest absolute Gasteiger partial charge is 0.436 e. The zero-order chi connectivity index (χ0) is 35.5. The van der Waals surface area contributed by atoms with E-state index in [2.05, 4.69) is 21.9 Å². The minimum Gasteiger partial charge on any atom is -0.436 e. The molecule has 4 rings (SSSR count). The number of primary amides is 1. The van der Waals surface area contributed by atoms with Crippen LogP contribution in [0.1, 0.15) is 55.0 Å². The molecule has 258 valence electrons. The Morgan fingerprint density at radius 2 is 1.63 bits per heavy atom. The van der Waals surface area contributed by atoms with Crippen molar-refractivity contribution in [2.75, 3.05) is 25.5 Å². The number of aliphatic hydroxyl groups is 1. The summed E-state index contributed by atoms with van der Waals surface area (Å²) >= 11 is 0. The number of hydrogen-bond donors (Lipinski definition) is 5. The number of hydrogen-bond acceptors (Lipinski definition) is 7. The summed E-state index contributed by atoms with van der Waals surface area (Å²) in [5, 5.41) is 17.9. The number of anilines is 1. The number of amides is 5. The predicted octanol–water partition coefficient (Wildman–Crippen LogP) is 4.06. The van der Waals surface area contributed by atoms with Gasteiger partial charge in [0.25, 0.3) is 0 Å². The van der Waals surface area contributed by atoms with Crippen molar-refractivity contribution in [1.82, 2.24) is 15.5 Å². The Bertz CT molecular complexity index is 1660. The molecule has 2 atom stereocenters. The molecule has 0 saturated carbocycles. The SMILES string of the molecule is C#CCOCc1cc(NC(=O)[C@H](CCCNC(N)=O)NC(=O)[C@H](C(C)C)N(C)C(=O)OC2c3ccccc3-c3ccccc32)ccc1CO. The Balaban J connectivity index is 1.50. The third kappa shape index (κ3) is 9.16. The molecule has 3 aromatic rings. The minimum atomic E-state index is -1.04. The Hall–Kier alpha value is -5.38. The van der Waals surface area contributed by atoms with Crippen molar-refractivity contribution in [3.05, 3.63) is 89.0 Å². The molecule has 3 aromatic carbocycles. The van der Waals surface area contributed by atoms with Crippen LogP contribution in [0, 0.1) is 18.3 Å². The number of terminal acetylenes is 1. The molecule has 12 nitrogen and oxygen atoms in total. The van der Waals surface area contributed by atoms with Crippen molar-refractivity contribution in [3.63, 3.8) is 0 Å². The van der Waals surface area contributed by atoms with Gasteiger partial charge in [-0.1, -0.05) is 74.4 Å². The Labute approximate surface area is 286 Å². The number of carbonyl (C=O) groups excluding carboxylic acids is 4. The summed E-state index contributed by atoms with van der Waals surface area (Å²) in [7, 11) is 1.50. The molecule has 0 aromatic heterocycles. The maximum Gasteiger partial charge on any atom is 0.411 e. The van der Waals surface area contributed by atoms with Crippen LogP contribution in [-0.4, -0.2) is 66.2 Å². The molecule has 0 radical (unpaired) electrons. The van der Waals surface area contributed by atoms with E-state index in [1.54, 1.807) is 32.0 Å². The normalized spacial score (nSPS) is 13.0. The van der Waals surface area contributed by atoms with Gasteiger partial charge in [-0.2, -0.15) is 0 Å². The Morgan fingerprint density at radius 1 is 0.980 bits per heavy atom. The first kappa shape index (κ1) is 36.5. The number of nitrogens with zero attached hydrogens (tertiary/aromatic N) is 1. The molecular formula is C37H43N5O7. The van der Waals surface area contributed by atoms with Crippen LogP contribution in [0.2, 0.25) is 0 Å². The lowest BCUT2D eigenvalue weighted by atomic mass is 10.0. The molecule has 0 fully saturated rings. The van der Waals surface area contributed by atoms with E-state index in [1.165, 1.54) is 11.9 Å². The standard InChI is InChI=1S/C37H43N5O7/c1-5-19-48-22-25-20-26(17-16-24(25)21-43)40-34(44)31(15-10-18-39-36(38)46)41-35(45)32(23(2)3)42(4)37(47)49-33-29-13-8-6-11-27(29)28-12-7-9-14-30(28)33/h1,6-9,11-14,16-17,20,23,31-33,43H,10,15,18-19,21-22H2,2-4H3,(H,40,44)(H,41,45)(H3,38,39,46)/t31-,32-/m0/s1. The third-order valence-corrected chi connectivity index (χ3v) is 8.29. The molecule has 0 spiro atoms. The van der Waals surface area contributed by atoms with Crippen molar-refractivity contribution in [3.8, 4) is 23.5 Å². The van der Waals surface area contributed by atoms with Crippen LogP contribution in [0.15, 0.2) is 66.7 Å². The number of benzene rings is 3. The van der Waals surface area contributed by atoms with Crippen LogP contribution in [0.25, 0.3) is 11.1 Å². The number of carbonyl (C=O) groups is 4. The van der Waals surface area contributed by atoms with Gasteiger partial charge < -0.3 is 36.3 Å². The number of aliphatic hydroxyl groups excluding tert-OH is 1. The number of ether oxygens (including phenoxy) is 2. The molecule has 0 unspecified atom stereocenters. The zero-order valence-electron chi connectivity index (χ0n) is 27.9. The number of rotatable bonds is 15. The topological polar surface area (TPSA) is 172 Å².